The van der Waals surface area contributed by atoms with Gasteiger partial charge in [-0.1, -0.05) is 83.1 Å². The number of likely N-dealkylation sites (tertiary alicyclic amines) is 4. The molecule has 4 saturated heterocycles. The van der Waals surface area contributed by atoms with Crippen molar-refractivity contribution in [1.82, 2.24) is 19.6 Å². The zero-order valence-electron chi connectivity index (χ0n) is 49.4. The van der Waals surface area contributed by atoms with E-state index in [1.807, 2.05) is 0 Å². The quantitative estimate of drug-likeness (QED) is 0.237. The minimum absolute atomic E-state index is 0. The minimum Gasteiger partial charge on any atom is -2.00 e. The summed E-state index contributed by atoms with van der Waals surface area (Å²) < 4.78 is 0. The minimum atomic E-state index is -1.34. The Labute approximate surface area is 511 Å². The SMILES string of the molecule is CC(C)(C)[C@@H](C(=O)[O-])N1C(=O)[C@@H]2[C@@H]3CC[C@@H](C3)[C@@H]2C1=O.CC(C)(C)[C@@H](C(=O)[O-])N1C(=O)[C@@H]2[C@@H]3CC[C@@H](C3)[C@@H]2C1=O.CC(C)(C)[C@@H](C(=O)[O-])N1C(=O)[C@@H]2[C@@H]3CC[C@@H](C3)[C@@H]2C1=O.CC(C)(C)[C@@H](C(=O)[O-])N1C(=O)[C@@H]2[C@@H]3CC[C@@H](C3)[C@@H]2C1=O.[O-2].[Rh+3].[Rh+3]. The van der Waals surface area contributed by atoms with Gasteiger partial charge in [0.05, 0.1) is 95.4 Å². The van der Waals surface area contributed by atoms with Crippen LogP contribution >= 0.6 is 0 Å². The summed E-state index contributed by atoms with van der Waals surface area (Å²) in [6.45, 7) is 20.6. The van der Waals surface area contributed by atoms with Crippen molar-refractivity contribution in [3.05, 3.63) is 0 Å². The molecular formula is C60H80N4O17Rh2. The van der Waals surface area contributed by atoms with Crippen LogP contribution < -0.4 is 20.4 Å². The molecule has 23 heteroatoms. The summed E-state index contributed by atoms with van der Waals surface area (Å²) in [5.74, 6) is -7.62. The number of carboxylic acid groups (broad SMARTS) is 4. The number of carboxylic acids is 4. The Hall–Kier alpha value is -4.35. The van der Waals surface area contributed by atoms with E-state index in [1.54, 1.807) is 83.1 Å². The van der Waals surface area contributed by atoms with Gasteiger partial charge in [-0.2, -0.15) is 0 Å². The molecule has 460 valence electrons. The molecule has 12 fully saturated rings. The Bertz CT molecular complexity index is 2230. The van der Waals surface area contributed by atoms with Crippen molar-refractivity contribution in [3.63, 3.8) is 0 Å². The van der Waals surface area contributed by atoms with Crippen molar-refractivity contribution in [3.8, 4) is 0 Å². The maximum absolute atomic E-state index is 12.6. The van der Waals surface area contributed by atoms with Crippen LogP contribution in [-0.2, 0) is 102 Å². The monoisotopic (exact) mass is 1330 g/mol. The number of aliphatic carboxylic acids is 4. The first-order valence-corrected chi connectivity index (χ1v) is 29.2. The molecule has 8 aliphatic carbocycles. The Morgan fingerprint density at radius 3 is 0.494 bits per heavy atom. The number of nitrogens with zero attached hydrogens (tertiary/aromatic N) is 4. The zero-order valence-corrected chi connectivity index (χ0v) is 52.7. The van der Waals surface area contributed by atoms with Crippen LogP contribution in [0.3, 0.4) is 0 Å². The molecule has 0 spiro atoms. The van der Waals surface area contributed by atoms with Crippen molar-refractivity contribution in [1.29, 1.82) is 0 Å². The van der Waals surface area contributed by atoms with Crippen molar-refractivity contribution >= 4 is 71.1 Å². The fourth-order valence-corrected chi connectivity index (χ4v) is 18.1. The number of hydrogen-bond acceptors (Lipinski definition) is 16. The number of imide groups is 4. The van der Waals surface area contributed by atoms with Gasteiger partial charge in [0.2, 0.25) is 47.3 Å². The molecule has 4 aliphatic heterocycles. The van der Waals surface area contributed by atoms with Crippen LogP contribution in [0.2, 0.25) is 0 Å². The molecule has 4 heterocycles. The number of fused-ring (bicyclic) bond motifs is 20. The summed E-state index contributed by atoms with van der Waals surface area (Å²) in [6, 6.07) is -4.69. The molecular weight excluding hydrogens is 1250 g/mol. The van der Waals surface area contributed by atoms with E-state index >= 15 is 0 Å². The van der Waals surface area contributed by atoms with Gasteiger partial charge in [-0.25, -0.2) is 0 Å². The first kappa shape index (κ1) is 67.8. The summed E-state index contributed by atoms with van der Waals surface area (Å²) in [6.07, 6.45) is 11.7. The topological polar surface area (TPSA) is 339 Å². The molecule has 20 atom stereocenters. The molecule has 8 bridgehead atoms. The van der Waals surface area contributed by atoms with E-state index in [9.17, 15) is 78.0 Å². The van der Waals surface area contributed by atoms with Crippen molar-refractivity contribution < 1.29 is 122 Å². The third-order valence-corrected chi connectivity index (χ3v) is 21.1. The third kappa shape index (κ3) is 11.1. The summed E-state index contributed by atoms with van der Waals surface area (Å²) in [5.41, 5.74) is -2.88. The molecule has 21 nitrogen and oxygen atoms in total. The Morgan fingerprint density at radius 2 is 0.410 bits per heavy atom. The average molecular weight is 1340 g/mol. The van der Waals surface area contributed by atoms with Gasteiger partial charge >= 0.3 is 39.0 Å². The van der Waals surface area contributed by atoms with E-state index in [0.29, 0.717) is 0 Å². The van der Waals surface area contributed by atoms with Crippen LogP contribution in [0, 0.1) is 116 Å². The summed E-state index contributed by atoms with van der Waals surface area (Å²) in [5, 5.41) is 45.9. The molecule has 8 saturated carbocycles. The van der Waals surface area contributed by atoms with E-state index in [-0.39, 0.29) is 186 Å². The standard InChI is InChI=1S/4C15H21NO4.O.2Rh/c4*1-15(2,3)11(14(19)20)16-12(17)9-7-4-5-8(6-7)10(9)13(16)18;;;/h4*7-11H,4-6H2,1-3H3,(H,19,20);;;/q;;;;-2;2*+3/p-4/t4*7-,8+,9-,10+,11-;;;/m1111.../s1. The number of carbonyl (C=O) groups excluding carboxylic acids is 12. The van der Waals surface area contributed by atoms with Gasteiger partial charge in [0, 0.05) is 0 Å². The number of amides is 8. The first-order valence-electron chi connectivity index (χ1n) is 29.2. The predicted molar refractivity (Wildman–Crippen MR) is 272 cm³/mol. The molecule has 12 aliphatic rings. The maximum Gasteiger partial charge on any atom is 3.00 e. The second-order valence-electron chi connectivity index (χ2n) is 30.1. The van der Waals surface area contributed by atoms with Gasteiger partial charge in [-0.05, 0) is 146 Å². The summed E-state index contributed by atoms with van der Waals surface area (Å²) >= 11 is 0. The van der Waals surface area contributed by atoms with Gasteiger partial charge in [-0.15, -0.1) is 0 Å². The predicted octanol–water partition coefficient (Wildman–Crippen LogP) is 0.605. The van der Waals surface area contributed by atoms with Crippen LogP contribution in [0.1, 0.15) is 160 Å². The molecule has 0 aromatic rings. The van der Waals surface area contributed by atoms with E-state index in [0.717, 1.165) is 96.6 Å². The van der Waals surface area contributed by atoms with Crippen molar-refractivity contribution in [2.75, 3.05) is 0 Å². The average Bonchev–Trinajstić information content (AvgIpc) is 4.18. The molecule has 0 aromatic carbocycles. The van der Waals surface area contributed by atoms with E-state index in [1.165, 1.54) is 0 Å². The van der Waals surface area contributed by atoms with Crippen molar-refractivity contribution in [2.24, 2.45) is 116 Å². The number of carbonyl (C=O) groups is 12. The number of rotatable bonds is 8. The van der Waals surface area contributed by atoms with Gasteiger partial charge in [0.1, 0.15) is 0 Å². The van der Waals surface area contributed by atoms with Crippen molar-refractivity contribution in [2.45, 2.75) is 184 Å². The zero-order chi connectivity index (χ0) is 59.3. The summed E-state index contributed by atoms with van der Waals surface area (Å²) in [7, 11) is 0. The van der Waals surface area contributed by atoms with Crippen LogP contribution in [0.15, 0.2) is 0 Å². The molecule has 83 heavy (non-hydrogen) atoms. The van der Waals surface area contributed by atoms with E-state index in [2.05, 4.69) is 0 Å². The second-order valence-corrected chi connectivity index (χ2v) is 30.1. The van der Waals surface area contributed by atoms with Crippen LogP contribution in [0.4, 0.5) is 0 Å². The smallest absolute Gasteiger partial charge is 2.00 e. The molecule has 0 radical (unpaired) electrons. The fourth-order valence-electron chi connectivity index (χ4n) is 18.1. The van der Waals surface area contributed by atoms with Crippen LogP contribution in [0.25, 0.3) is 0 Å². The largest absolute Gasteiger partial charge is 3.00 e. The van der Waals surface area contributed by atoms with Crippen LogP contribution in [-0.4, -0.2) is 115 Å². The fraction of sp³-hybridized carbons (Fsp3) is 0.800. The molecule has 0 aromatic heterocycles. The molecule has 8 amide bonds. The summed E-state index contributed by atoms with van der Waals surface area (Å²) in [4.78, 5) is 151. The number of hydrogen-bond donors (Lipinski definition) is 0. The van der Waals surface area contributed by atoms with E-state index in [4.69, 9.17) is 0 Å². The van der Waals surface area contributed by atoms with Crippen LogP contribution in [0.5, 0.6) is 0 Å². The van der Waals surface area contributed by atoms with E-state index < -0.39 is 69.7 Å². The Morgan fingerprint density at radius 1 is 0.301 bits per heavy atom. The molecule has 0 unspecified atom stereocenters. The van der Waals surface area contributed by atoms with Gasteiger partial charge in [0.15, 0.2) is 0 Å². The van der Waals surface area contributed by atoms with Gasteiger partial charge in [-0.3, -0.25) is 58.0 Å². The maximum atomic E-state index is 12.6. The van der Waals surface area contributed by atoms with Gasteiger partial charge < -0.3 is 45.1 Å². The molecule has 12 rings (SSSR count). The normalized spacial score (nSPS) is 36.1. The molecule has 0 N–H and O–H groups in total. The first-order chi connectivity index (χ1) is 36.9. The Balaban J connectivity index is 0.000000176. The Kier molecular flexibility index (Phi) is 19.1. The van der Waals surface area contributed by atoms with Gasteiger partial charge in [0.25, 0.3) is 0 Å². The third-order valence-electron chi connectivity index (χ3n) is 21.1. The second kappa shape index (κ2) is 23.4.